The van der Waals surface area contributed by atoms with Crippen molar-refractivity contribution in [1.82, 2.24) is 15.2 Å². The summed E-state index contributed by atoms with van der Waals surface area (Å²) in [4.78, 5) is 69.7. The van der Waals surface area contributed by atoms with Crippen LogP contribution in [0, 0.1) is 17.8 Å². The van der Waals surface area contributed by atoms with Crippen molar-refractivity contribution in [1.29, 1.82) is 0 Å². The van der Waals surface area contributed by atoms with E-state index in [1.807, 2.05) is 41.5 Å². The molecule has 48 heavy (non-hydrogen) atoms. The van der Waals surface area contributed by atoms with Crippen molar-refractivity contribution in [2.24, 2.45) is 17.8 Å². The van der Waals surface area contributed by atoms with Crippen LogP contribution in [-0.2, 0) is 35.1 Å². The molecule has 0 fully saturated rings. The first kappa shape index (κ1) is 38.4. The molecule has 1 aliphatic carbocycles. The second-order valence-electron chi connectivity index (χ2n) is 13.4. The number of carbonyl (C=O) groups excluding carboxylic acids is 4. The van der Waals surface area contributed by atoms with Crippen molar-refractivity contribution in [2.75, 3.05) is 6.73 Å². The van der Waals surface area contributed by atoms with E-state index in [1.54, 1.807) is 16.3 Å². The SMILES string of the molecule is CC[C@H](C)CC(=O)N(COC(=O)CC(C)C)C(C[C@@H](OC(C)=O)c1nc(C(=O)N[C@H]2Cc3ccc(O)cc3[C@H](C(=O)O)C2)cs1)C(C)C. The van der Waals surface area contributed by atoms with Crippen LogP contribution in [0.5, 0.6) is 5.75 Å². The van der Waals surface area contributed by atoms with E-state index in [1.165, 1.54) is 19.1 Å². The number of carboxylic acids is 1. The zero-order chi connectivity index (χ0) is 35.7. The number of hydrogen-bond donors (Lipinski definition) is 3. The molecule has 2 aromatic rings. The van der Waals surface area contributed by atoms with E-state index in [4.69, 9.17) is 9.47 Å². The maximum absolute atomic E-state index is 13.6. The number of carboxylic acid groups (broad SMARTS) is 1. The number of amides is 2. The van der Waals surface area contributed by atoms with Crippen molar-refractivity contribution in [3.05, 3.63) is 45.4 Å². The Kier molecular flexibility index (Phi) is 13.9. The van der Waals surface area contributed by atoms with Gasteiger partial charge in [-0.15, -0.1) is 11.3 Å². The van der Waals surface area contributed by atoms with Crippen LogP contribution in [0.25, 0.3) is 0 Å². The Labute approximate surface area is 286 Å². The monoisotopic (exact) mass is 687 g/mol. The highest BCUT2D eigenvalue weighted by Gasteiger charge is 2.35. The van der Waals surface area contributed by atoms with E-state index in [9.17, 15) is 34.2 Å². The molecule has 2 amide bonds. The van der Waals surface area contributed by atoms with Crippen LogP contribution in [0.1, 0.15) is 119 Å². The number of phenols is 1. The Morgan fingerprint density at radius 3 is 2.42 bits per heavy atom. The predicted octanol–water partition coefficient (Wildman–Crippen LogP) is 5.59. The van der Waals surface area contributed by atoms with E-state index < -0.39 is 47.9 Å². The van der Waals surface area contributed by atoms with Crippen molar-refractivity contribution in [3.8, 4) is 5.75 Å². The van der Waals surface area contributed by atoms with Gasteiger partial charge in [0.05, 0.1) is 5.92 Å². The number of phenolic OH excluding ortho intramolecular Hbond substituents is 1. The van der Waals surface area contributed by atoms with Crippen LogP contribution < -0.4 is 5.32 Å². The van der Waals surface area contributed by atoms with Gasteiger partial charge in [-0.2, -0.15) is 0 Å². The van der Waals surface area contributed by atoms with Crippen molar-refractivity contribution >= 4 is 41.1 Å². The maximum Gasteiger partial charge on any atom is 0.311 e. The number of benzene rings is 1. The molecule has 0 saturated heterocycles. The Morgan fingerprint density at radius 2 is 1.81 bits per heavy atom. The lowest BCUT2D eigenvalue weighted by Crippen LogP contribution is -2.46. The van der Waals surface area contributed by atoms with Gasteiger partial charge in [0.25, 0.3) is 5.91 Å². The molecule has 1 heterocycles. The molecular weight excluding hydrogens is 638 g/mol. The van der Waals surface area contributed by atoms with E-state index in [0.717, 1.165) is 23.3 Å². The number of nitrogens with zero attached hydrogens (tertiary/aromatic N) is 2. The second kappa shape index (κ2) is 17.4. The summed E-state index contributed by atoms with van der Waals surface area (Å²) in [5.74, 6) is -3.52. The molecule has 1 aromatic carbocycles. The summed E-state index contributed by atoms with van der Waals surface area (Å²) >= 11 is 1.14. The first-order chi connectivity index (χ1) is 22.6. The standard InChI is InChI=1S/C35H49N3O9S/c1-8-21(6)12-31(41)38(18-46-32(42)11-19(2)3)29(20(4)5)16-30(47-22(7)39)34-37-28(17-48-34)33(43)36-24-13-23-9-10-25(40)15-26(23)27(14-24)35(44)45/h9-10,15,17,19-21,24,27,29-30,40H,8,11-14,16,18H2,1-7H3,(H,36,43)(H,44,45)/t21-,24-,27+,29?,30+/m0/s1. The third-order valence-corrected chi connectivity index (χ3v) is 9.51. The minimum absolute atomic E-state index is 0.0188. The molecule has 1 aromatic heterocycles. The van der Waals surface area contributed by atoms with Gasteiger partial charge >= 0.3 is 17.9 Å². The van der Waals surface area contributed by atoms with Crippen LogP contribution in [0.3, 0.4) is 0 Å². The lowest BCUT2D eigenvalue weighted by atomic mass is 9.80. The largest absolute Gasteiger partial charge is 0.508 e. The first-order valence-corrected chi connectivity index (χ1v) is 17.4. The van der Waals surface area contributed by atoms with Crippen LogP contribution in [0.4, 0.5) is 0 Å². The number of aromatic nitrogens is 1. The van der Waals surface area contributed by atoms with Gasteiger partial charge in [-0.3, -0.25) is 24.0 Å². The fourth-order valence-electron chi connectivity index (χ4n) is 5.82. The number of thiazole rings is 1. The van der Waals surface area contributed by atoms with E-state index >= 15 is 0 Å². The number of rotatable bonds is 16. The van der Waals surface area contributed by atoms with E-state index in [2.05, 4.69) is 10.3 Å². The van der Waals surface area contributed by atoms with Gasteiger partial charge in [0.2, 0.25) is 5.91 Å². The number of carbonyl (C=O) groups is 5. The summed E-state index contributed by atoms with van der Waals surface area (Å²) in [6.07, 6.45) is 1.07. The minimum Gasteiger partial charge on any atom is -0.508 e. The second-order valence-corrected chi connectivity index (χ2v) is 14.3. The van der Waals surface area contributed by atoms with Gasteiger partial charge in [0, 0.05) is 43.6 Å². The van der Waals surface area contributed by atoms with Gasteiger partial charge in [0.15, 0.2) is 12.8 Å². The van der Waals surface area contributed by atoms with Gasteiger partial charge in [0.1, 0.15) is 16.5 Å². The molecule has 0 spiro atoms. The Balaban J connectivity index is 1.83. The van der Waals surface area contributed by atoms with Crippen molar-refractivity contribution in [3.63, 3.8) is 0 Å². The fraction of sp³-hybridized carbons (Fsp3) is 0.600. The smallest absolute Gasteiger partial charge is 0.311 e. The summed E-state index contributed by atoms with van der Waals surface area (Å²) in [7, 11) is 0. The molecule has 12 nitrogen and oxygen atoms in total. The van der Waals surface area contributed by atoms with Crippen LogP contribution in [-0.4, -0.2) is 68.6 Å². The third-order valence-electron chi connectivity index (χ3n) is 8.57. The average Bonchev–Trinajstić information content (AvgIpc) is 3.49. The summed E-state index contributed by atoms with van der Waals surface area (Å²) in [6, 6.07) is 3.63. The number of esters is 2. The number of hydrogen-bond acceptors (Lipinski definition) is 10. The molecule has 5 atom stereocenters. The average molecular weight is 688 g/mol. The van der Waals surface area contributed by atoms with Crippen molar-refractivity contribution < 1.29 is 43.7 Å². The summed E-state index contributed by atoms with van der Waals surface area (Å²) in [5.41, 5.74) is 1.34. The molecular formula is C35H49N3O9S. The summed E-state index contributed by atoms with van der Waals surface area (Å²) in [6.45, 7) is 12.7. The topological polar surface area (TPSA) is 172 Å². The molecule has 1 unspecified atom stereocenters. The highest BCUT2D eigenvalue weighted by atomic mass is 32.1. The Hall–Kier alpha value is -4.00. The van der Waals surface area contributed by atoms with Crippen LogP contribution in [0.15, 0.2) is 23.6 Å². The number of ether oxygens (including phenoxy) is 2. The predicted molar refractivity (Wildman–Crippen MR) is 179 cm³/mol. The Bertz CT molecular complexity index is 1460. The third kappa shape index (κ3) is 10.8. The first-order valence-electron chi connectivity index (χ1n) is 16.5. The molecule has 13 heteroatoms. The quantitative estimate of drug-likeness (QED) is 0.149. The zero-order valence-electron chi connectivity index (χ0n) is 28.9. The Morgan fingerprint density at radius 1 is 1.10 bits per heavy atom. The number of aliphatic carboxylic acids is 1. The van der Waals surface area contributed by atoms with Crippen molar-refractivity contribution in [2.45, 2.75) is 111 Å². The molecule has 3 N–H and O–H groups in total. The summed E-state index contributed by atoms with van der Waals surface area (Å²) in [5, 5.41) is 24.5. The van der Waals surface area contributed by atoms with E-state index in [0.29, 0.717) is 17.0 Å². The lowest BCUT2D eigenvalue weighted by Gasteiger charge is -2.36. The fourth-order valence-corrected chi connectivity index (χ4v) is 6.66. The van der Waals surface area contributed by atoms with Crippen LogP contribution >= 0.6 is 11.3 Å². The summed E-state index contributed by atoms with van der Waals surface area (Å²) < 4.78 is 11.3. The number of fused-ring (bicyclic) bond motifs is 1. The number of nitrogens with one attached hydrogen (secondary N) is 1. The molecule has 1 aliphatic rings. The minimum atomic E-state index is -1.05. The highest BCUT2D eigenvalue weighted by molar-refractivity contribution is 7.09. The molecule has 0 aliphatic heterocycles. The molecule has 0 radical (unpaired) electrons. The van der Waals surface area contributed by atoms with Crippen LogP contribution in [0.2, 0.25) is 0 Å². The zero-order valence-corrected chi connectivity index (χ0v) is 29.7. The molecule has 3 rings (SSSR count). The maximum atomic E-state index is 13.6. The number of aromatic hydroxyl groups is 1. The van der Waals surface area contributed by atoms with Gasteiger partial charge in [-0.1, -0.05) is 54.0 Å². The normalized spacial score (nSPS) is 17.6. The van der Waals surface area contributed by atoms with Gasteiger partial charge in [-0.25, -0.2) is 4.98 Å². The molecule has 0 bridgehead atoms. The lowest BCUT2D eigenvalue weighted by molar-refractivity contribution is -0.158. The molecule has 0 saturated carbocycles. The van der Waals surface area contributed by atoms with E-state index in [-0.39, 0.29) is 67.5 Å². The van der Waals surface area contributed by atoms with Gasteiger partial charge < -0.3 is 29.9 Å². The highest BCUT2D eigenvalue weighted by Crippen LogP contribution is 2.35. The molecule has 264 valence electrons. The van der Waals surface area contributed by atoms with Gasteiger partial charge in [-0.05, 0) is 53.9 Å².